The number of likely N-dealkylation sites (tertiary alicyclic amines) is 1. The molecule has 0 aromatic heterocycles. The summed E-state index contributed by atoms with van der Waals surface area (Å²) in [5, 5.41) is 20.3. The summed E-state index contributed by atoms with van der Waals surface area (Å²) in [6.07, 6.45) is 0. The lowest BCUT2D eigenvalue weighted by atomic mass is 9.95. The third kappa shape index (κ3) is 4.50. The van der Waals surface area contributed by atoms with E-state index in [1.54, 1.807) is 36.4 Å². The van der Waals surface area contributed by atoms with Crippen LogP contribution in [-0.4, -0.2) is 53.2 Å². The third-order valence-electron chi connectivity index (χ3n) is 4.76. The monoisotopic (exact) mass is 415 g/mol. The fourth-order valence-corrected chi connectivity index (χ4v) is 3.42. The van der Waals surface area contributed by atoms with E-state index in [9.17, 15) is 14.7 Å². The topological polar surface area (TPSA) is 87.1 Å². The smallest absolute Gasteiger partial charge is 0.295 e. The van der Waals surface area contributed by atoms with Gasteiger partial charge >= 0.3 is 0 Å². The minimum atomic E-state index is -0.758. The Hall–Kier alpha value is -2.67. The number of hydrogen-bond acceptors (Lipinski definition) is 5. The van der Waals surface area contributed by atoms with Gasteiger partial charge in [0.15, 0.2) is 0 Å². The number of aryl methyl sites for hydroxylation is 1. The van der Waals surface area contributed by atoms with Gasteiger partial charge in [-0.25, -0.2) is 0 Å². The number of carbonyl (C=O) groups is 2. The number of halogens is 1. The second-order valence-electron chi connectivity index (χ2n) is 6.75. The molecule has 6 nitrogen and oxygen atoms in total. The molecule has 1 fully saturated rings. The van der Waals surface area contributed by atoms with E-state index in [0.717, 1.165) is 5.56 Å². The van der Waals surface area contributed by atoms with Gasteiger partial charge in [-0.05, 0) is 24.6 Å². The van der Waals surface area contributed by atoms with Gasteiger partial charge in [-0.1, -0.05) is 53.6 Å². The SMILES string of the molecule is Cc1ccc(C(O)=C2C(=O)C(=O)N(CCOCCO)C2c2ccc(Cl)cc2)cc1. The number of ketones is 1. The Morgan fingerprint density at radius 2 is 1.72 bits per heavy atom. The van der Waals surface area contributed by atoms with Crippen molar-refractivity contribution in [3.63, 3.8) is 0 Å². The van der Waals surface area contributed by atoms with Crippen molar-refractivity contribution in [1.29, 1.82) is 0 Å². The lowest BCUT2D eigenvalue weighted by Crippen LogP contribution is -2.33. The Bertz CT molecular complexity index is 921. The van der Waals surface area contributed by atoms with Crippen LogP contribution >= 0.6 is 11.6 Å². The standard InChI is InChI=1S/C22H22ClNO5/c1-14-2-4-16(5-3-14)20(26)18-19(15-6-8-17(23)9-7-15)24(22(28)21(18)27)10-12-29-13-11-25/h2-9,19,25-26H,10-13H2,1H3. The molecule has 3 rings (SSSR count). The molecular formula is C22H22ClNO5. The number of aliphatic hydroxyl groups is 2. The van der Waals surface area contributed by atoms with Gasteiger partial charge in [0.25, 0.3) is 11.7 Å². The van der Waals surface area contributed by atoms with E-state index in [1.807, 2.05) is 19.1 Å². The normalized spacial score (nSPS) is 18.4. The molecule has 7 heteroatoms. The van der Waals surface area contributed by atoms with Gasteiger partial charge in [-0.2, -0.15) is 0 Å². The Kier molecular flexibility index (Phi) is 6.69. The summed E-state index contributed by atoms with van der Waals surface area (Å²) in [6, 6.07) is 13.1. The third-order valence-corrected chi connectivity index (χ3v) is 5.01. The lowest BCUT2D eigenvalue weighted by molar-refractivity contribution is -0.140. The van der Waals surface area contributed by atoms with Crippen LogP contribution in [0.4, 0.5) is 0 Å². The molecule has 29 heavy (non-hydrogen) atoms. The molecule has 0 bridgehead atoms. The molecule has 1 saturated heterocycles. The van der Waals surface area contributed by atoms with Crippen molar-refractivity contribution >= 4 is 29.1 Å². The van der Waals surface area contributed by atoms with E-state index in [2.05, 4.69) is 0 Å². The second kappa shape index (κ2) is 9.22. The zero-order valence-corrected chi connectivity index (χ0v) is 16.7. The lowest BCUT2D eigenvalue weighted by Gasteiger charge is -2.25. The van der Waals surface area contributed by atoms with E-state index in [0.29, 0.717) is 16.1 Å². The number of aliphatic hydroxyl groups excluding tert-OH is 2. The van der Waals surface area contributed by atoms with Crippen LogP contribution in [0, 0.1) is 6.92 Å². The molecular weight excluding hydrogens is 394 g/mol. The summed E-state index contributed by atoms with van der Waals surface area (Å²) < 4.78 is 5.27. The van der Waals surface area contributed by atoms with Crippen molar-refractivity contribution in [2.24, 2.45) is 0 Å². The first-order valence-electron chi connectivity index (χ1n) is 9.23. The van der Waals surface area contributed by atoms with E-state index in [-0.39, 0.29) is 37.7 Å². The summed E-state index contributed by atoms with van der Waals surface area (Å²) >= 11 is 5.99. The molecule has 1 heterocycles. The van der Waals surface area contributed by atoms with Crippen LogP contribution in [0.5, 0.6) is 0 Å². The predicted molar refractivity (Wildman–Crippen MR) is 110 cm³/mol. The Balaban J connectivity index is 2.05. The van der Waals surface area contributed by atoms with Crippen LogP contribution in [0.2, 0.25) is 5.02 Å². The number of rotatable bonds is 7. The fourth-order valence-electron chi connectivity index (χ4n) is 3.30. The first-order chi connectivity index (χ1) is 13.9. The number of ether oxygens (including phenoxy) is 1. The minimum Gasteiger partial charge on any atom is -0.507 e. The molecule has 2 aromatic carbocycles. The van der Waals surface area contributed by atoms with Crippen LogP contribution in [-0.2, 0) is 14.3 Å². The van der Waals surface area contributed by atoms with Crippen molar-refractivity contribution in [1.82, 2.24) is 4.90 Å². The molecule has 1 aliphatic heterocycles. The molecule has 2 N–H and O–H groups in total. The largest absolute Gasteiger partial charge is 0.507 e. The Morgan fingerprint density at radius 3 is 2.34 bits per heavy atom. The molecule has 1 unspecified atom stereocenters. The number of nitrogens with zero attached hydrogens (tertiary/aromatic N) is 1. The van der Waals surface area contributed by atoms with Crippen molar-refractivity contribution < 1.29 is 24.5 Å². The summed E-state index contributed by atoms with van der Waals surface area (Å²) in [5.74, 6) is -1.67. The summed E-state index contributed by atoms with van der Waals surface area (Å²) in [4.78, 5) is 26.9. The maximum Gasteiger partial charge on any atom is 0.295 e. The Labute approximate surface area is 174 Å². The Morgan fingerprint density at radius 1 is 1.07 bits per heavy atom. The van der Waals surface area contributed by atoms with Gasteiger partial charge in [-0.3, -0.25) is 9.59 Å². The van der Waals surface area contributed by atoms with E-state index in [1.165, 1.54) is 4.90 Å². The highest BCUT2D eigenvalue weighted by Crippen LogP contribution is 2.39. The van der Waals surface area contributed by atoms with E-state index < -0.39 is 17.7 Å². The summed E-state index contributed by atoms with van der Waals surface area (Å²) in [7, 11) is 0. The van der Waals surface area contributed by atoms with Crippen LogP contribution in [0.15, 0.2) is 54.1 Å². The van der Waals surface area contributed by atoms with Gasteiger partial charge < -0.3 is 19.8 Å². The number of Topliss-reactive ketones (excluding diaryl/α,β-unsaturated/α-hetero) is 1. The molecule has 2 aromatic rings. The number of carbonyl (C=O) groups excluding carboxylic acids is 2. The van der Waals surface area contributed by atoms with Gasteiger partial charge in [0.1, 0.15) is 5.76 Å². The molecule has 1 aliphatic rings. The van der Waals surface area contributed by atoms with Crippen molar-refractivity contribution in [2.45, 2.75) is 13.0 Å². The molecule has 0 radical (unpaired) electrons. The molecule has 0 aliphatic carbocycles. The molecule has 0 saturated carbocycles. The summed E-state index contributed by atoms with van der Waals surface area (Å²) in [5.41, 5.74) is 2.16. The highest BCUT2D eigenvalue weighted by molar-refractivity contribution is 6.46. The minimum absolute atomic E-state index is 0.0309. The molecule has 152 valence electrons. The predicted octanol–water partition coefficient (Wildman–Crippen LogP) is 3.08. The van der Waals surface area contributed by atoms with Gasteiger partial charge in [0, 0.05) is 17.1 Å². The van der Waals surface area contributed by atoms with Crippen LogP contribution in [0.3, 0.4) is 0 Å². The highest BCUT2D eigenvalue weighted by atomic mass is 35.5. The van der Waals surface area contributed by atoms with E-state index >= 15 is 0 Å². The van der Waals surface area contributed by atoms with Gasteiger partial charge in [0.2, 0.25) is 0 Å². The molecule has 0 spiro atoms. The number of benzene rings is 2. The first-order valence-corrected chi connectivity index (χ1v) is 9.61. The average molecular weight is 416 g/mol. The van der Waals surface area contributed by atoms with Crippen molar-refractivity contribution in [2.75, 3.05) is 26.4 Å². The van der Waals surface area contributed by atoms with Gasteiger partial charge in [-0.15, -0.1) is 0 Å². The maximum atomic E-state index is 12.8. The van der Waals surface area contributed by atoms with Crippen molar-refractivity contribution in [3.8, 4) is 0 Å². The summed E-state index contributed by atoms with van der Waals surface area (Å²) in [6.45, 7) is 2.22. The average Bonchev–Trinajstić information content (AvgIpc) is 2.96. The van der Waals surface area contributed by atoms with Crippen LogP contribution < -0.4 is 0 Å². The fraction of sp³-hybridized carbons (Fsp3) is 0.273. The number of amides is 1. The molecule has 1 amide bonds. The second-order valence-corrected chi connectivity index (χ2v) is 7.18. The first kappa shape index (κ1) is 21.0. The van der Waals surface area contributed by atoms with E-state index in [4.69, 9.17) is 21.4 Å². The zero-order chi connectivity index (χ0) is 21.0. The zero-order valence-electron chi connectivity index (χ0n) is 16.0. The van der Waals surface area contributed by atoms with Gasteiger partial charge in [0.05, 0.1) is 31.4 Å². The van der Waals surface area contributed by atoms with Crippen LogP contribution in [0.25, 0.3) is 5.76 Å². The number of hydrogen-bond donors (Lipinski definition) is 2. The van der Waals surface area contributed by atoms with Crippen molar-refractivity contribution in [3.05, 3.63) is 75.8 Å². The van der Waals surface area contributed by atoms with Crippen LogP contribution in [0.1, 0.15) is 22.7 Å². The highest BCUT2D eigenvalue weighted by Gasteiger charge is 2.45. The quantitative estimate of drug-likeness (QED) is 0.314. The molecule has 1 atom stereocenters. The maximum absolute atomic E-state index is 12.8.